The zero-order valence-electron chi connectivity index (χ0n) is 22.4. The third-order valence-electron chi connectivity index (χ3n) is 7.99. The Morgan fingerprint density at radius 3 is 2.48 bits per heavy atom. The number of rotatable bonds is 9. The first-order valence-corrected chi connectivity index (χ1v) is 14.3. The van der Waals surface area contributed by atoms with Gasteiger partial charge >= 0.3 is 5.97 Å². The third kappa shape index (κ3) is 5.51. The molecule has 10 nitrogen and oxygen atoms in total. The Kier molecular flexibility index (Phi) is 8.02. The van der Waals surface area contributed by atoms with Crippen molar-refractivity contribution >= 4 is 29.1 Å². The van der Waals surface area contributed by atoms with E-state index in [0.29, 0.717) is 22.4 Å². The molecule has 2 N–H and O–H groups in total. The van der Waals surface area contributed by atoms with Crippen LogP contribution in [-0.4, -0.2) is 62.8 Å². The first-order valence-electron chi connectivity index (χ1n) is 13.3. The normalized spacial score (nSPS) is 20.6. The van der Waals surface area contributed by atoms with Crippen LogP contribution in [0.4, 0.5) is 0 Å². The minimum atomic E-state index is -1.17. The Morgan fingerprint density at radius 1 is 1.12 bits per heavy atom. The van der Waals surface area contributed by atoms with Gasteiger partial charge in [-0.3, -0.25) is 14.4 Å². The van der Waals surface area contributed by atoms with Crippen molar-refractivity contribution in [2.75, 3.05) is 7.11 Å². The number of nitrogens with zero attached hydrogens (tertiary/aromatic N) is 3. The summed E-state index contributed by atoms with van der Waals surface area (Å²) in [5, 5.41) is 20.5. The van der Waals surface area contributed by atoms with Crippen molar-refractivity contribution in [1.29, 1.82) is 0 Å². The van der Waals surface area contributed by atoms with Gasteiger partial charge in [0, 0.05) is 19.5 Å². The number of amides is 2. The van der Waals surface area contributed by atoms with Crippen LogP contribution >= 0.6 is 11.3 Å². The monoisotopic (exact) mass is 564 g/mol. The fraction of sp³-hybridized carbons (Fsp3) is 0.414. The van der Waals surface area contributed by atoms with E-state index in [-0.39, 0.29) is 36.3 Å². The first kappa shape index (κ1) is 27.6. The molecule has 2 bridgehead atoms. The molecule has 0 spiro atoms. The van der Waals surface area contributed by atoms with E-state index < -0.39 is 24.0 Å². The van der Waals surface area contributed by atoms with Crippen molar-refractivity contribution in [1.82, 2.24) is 20.0 Å². The van der Waals surface area contributed by atoms with E-state index in [0.717, 1.165) is 31.2 Å². The molecular formula is C29H32N4O6S. The largest absolute Gasteiger partial charge is 0.494 e. The number of nitrogens with one attached hydrogen (secondary N) is 1. The molecule has 6 rings (SSSR count). The number of carbonyl (C=O) groups excluding carboxylic acids is 2. The second kappa shape index (κ2) is 11.6. The van der Waals surface area contributed by atoms with E-state index in [9.17, 15) is 24.3 Å². The Labute approximate surface area is 235 Å². The molecule has 2 aliphatic heterocycles. The van der Waals surface area contributed by atoms with Crippen LogP contribution in [-0.2, 0) is 34.3 Å². The molecule has 2 aromatic heterocycles. The molecule has 0 radical (unpaired) electrons. The minimum absolute atomic E-state index is 0.000548. The van der Waals surface area contributed by atoms with Crippen LogP contribution in [0.25, 0.3) is 11.1 Å². The molecular weight excluding hydrogens is 532 g/mol. The van der Waals surface area contributed by atoms with Crippen molar-refractivity contribution in [3.05, 3.63) is 68.8 Å². The van der Waals surface area contributed by atoms with Crippen LogP contribution in [0, 0.1) is 5.92 Å². The number of benzene rings is 1. The summed E-state index contributed by atoms with van der Waals surface area (Å²) < 4.78 is 6.53. The number of aliphatic carboxylic acids is 1. The fourth-order valence-electron chi connectivity index (χ4n) is 5.95. The number of hydrogen-bond donors (Lipinski definition) is 2. The number of ether oxygens (including phenoxy) is 1. The molecule has 3 aromatic rings. The Balaban J connectivity index is 1.32. The van der Waals surface area contributed by atoms with E-state index in [4.69, 9.17) is 4.74 Å². The third-order valence-corrected chi connectivity index (χ3v) is 8.72. The highest BCUT2D eigenvalue weighted by atomic mass is 32.1. The Morgan fingerprint density at radius 2 is 1.85 bits per heavy atom. The van der Waals surface area contributed by atoms with Crippen LogP contribution in [0.2, 0.25) is 0 Å². The number of aromatic nitrogens is 2. The van der Waals surface area contributed by atoms with E-state index in [1.807, 2.05) is 16.8 Å². The molecule has 1 aromatic carbocycles. The molecule has 2 atom stereocenters. The van der Waals surface area contributed by atoms with Crippen molar-refractivity contribution < 1.29 is 24.2 Å². The highest BCUT2D eigenvalue weighted by molar-refractivity contribution is 7.08. The SMILES string of the molecule is COc1cnn(C)c(=O)c1-c1ccc(C[C@H](NC(=O)[C@@H]2C3CCC(CC3)N2C(=O)Cc2ccsc2)C(=O)O)cc1. The maximum Gasteiger partial charge on any atom is 0.326 e. The van der Waals surface area contributed by atoms with Gasteiger partial charge in [0.15, 0.2) is 5.75 Å². The summed E-state index contributed by atoms with van der Waals surface area (Å²) >= 11 is 1.52. The average molecular weight is 565 g/mol. The first-order chi connectivity index (χ1) is 19.3. The summed E-state index contributed by atoms with van der Waals surface area (Å²) in [5.74, 6) is -1.30. The van der Waals surface area contributed by atoms with Gasteiger partial charge in [-0.1, -0.05) is 24.3 Å². The molecule has 3 fully saturated rings. The number of methoxy groups -OCH3 is 1. The van der Waals surface area contributed by atoms with Gasteiger partial charge in [0.05, 0.1) is 25.3 Å². The lowest BCUT2D eigenvalue weighted by Crippen LogP contribution is -2.64. The van der Waals surface area contributed by atoms with Crippen LogP contribution < -0.4 is 15.6 Å². The van der Waals surface area contributed by atoms with Crippen molar-refractivity contribution in [2.24, 2.45) is 13.0 Å². The summed E-state index contributed by atoms with van der Waals surface area (Å²) in [6.45, 7) is 0. The molecule has 210 valence electrons. The second-order valence-corrected chi connectivity index (χ2v) is 11.2. The number of thiophene rings is 1. The molecule has 2 amide bonds. The highest BCUT2D eigenvalue weighted by Crippen LogP contribution is 2.40. The minimum Gasteiger partial charge on any atom is -0.494 e. The molecule has 40 heavy (non-hydrogen) atoms. The summed E-state index contributed by atoms with van der Waals surface area (Å²) in [5.41, 5.74) is 2.25. The fourth-order valence-corrected chi connectivity index (χ4v) is 6.62. The van der Waals surface area contributed by atoms with Gasteiger partial charge in [0.25, 0.3) is 5.56 Å². The number of fused-ring (bicyclic) bond motifs is 3. The summed E-state index contributed by atoms with van der Waals surface area (Å²) in [4.78, 5) is 53.5. The average Bonchev–Trinajstić information content (AvgIpc) is 3.47. The zero-order valence-corrected chi connectivity index (χ0v) is 23.2. The second-order valence-electron chi connectivity index (χ2n) is 10.4. The maximum atomic E-state index is 13.6. The number of hydrogen-bond acceptors (Lipinski definition) is 7. The van der Waals surface area contributed by atoms with E-state index in [1.54, 1.807) is 36.2 Å². The topological polar surface area (TPSA) is 131 Å². The number of carbonyl (C=O) groups is 3. The molecule has 1 saturated carbocycles. The summed E-state index contributed by atoms with van der Waals surface area (Å²) in [7, 11) is 3.01. The van der Waals surface area contributed by atoms with Crippen LogP contribution in [0.1, 0.15) is 36.8 Å². The molecule has 2 saturated heterocycles. The number of carboxylic acid groups (broad SMARTS) is 1. The van der Waals surface area contributed by atoms with Gasteiger partial charge in [0.1, 0.15) is 12.1 Å². The molecule has 11 heteroatoms. The summed E-state index contributed by atoms with van der Waals surface area (Å²) in [6.07, 6.45) is 5.18. The summed E-state index contributed by atoms with van der Waals surface area (Å²) in [6, 6.07) is 6.98. The lowest BCUT2D eigenvalue weighted by atomic mass is 9.74. The molecule has 3 aliphatic rings. The lowest BCUT2D eigenvalue weighted by Gasteiger charge is -2.50. The Hall–Kier alpha value is -3.99. The van der Waals surface area contributed by atoms with Gasteiger partial charge in [0.2, 0.25) is 11.8 Å². The molecule has 1 aliphatic carbocycles. The number of piperidine rings is 2. The van der Waals surface area contributed by atoms with E-state index >= 15 is 0 Å². The lowest BCUT2D eigenvalue weighted by molar-refractivity contribution is -0.154. The maximum absolute atomic E-state index is 13.6. The van der Waals surface area contributed by atoms with E-state index in [1.165, 1.54) is 29.3 Å². The standard InChI is InChI=1S/C29H32N4O6S/c1-32-28(36)25(23(39-2)15-30-32)19-5-3-17(4-6-19)13-22(29(37)38)31-27(35)26-20-7-9-21(10-8-20)33(26)24(34)14-18-11-12-40-16-18/h3-6,11-12,15-16,20-22,26H,7-10,13-14H2,1-2H3,(H,31,35)(H,37,38)/t20?,21?,22-,26-/m0/s1. The van der Waals surface area contributed by atoms with E-state index in [2.05, 4.69) is 10.4 Å². The van der Waals surface area contributed by atoms with Crippen molar-refractivity contribution in [2.45, 2.75) is 56.7 Å². The van der Waals surface area contributed by atoms with Crippen LogP contribution in [0.3, 0.4) is 0 Å². The van der Waals surface area contributed by atoms with Gasteiger partial charge in [-0.2, -0.15) is 16.4 Å². The predicted octanol–water partition coefficient (Wildman–Crippen LogP) is 2.64. The van der Waals surface area contributed by atoms with Crippen LogP contribution in [0.15, 0.2) is 52.1 Å². The Bertz CT molecular complexity index is 1440. The van der Waals surface area contributed by atoms with Crippen molar-refractivity contribution in [3.8, 4) is 16.9 Å². The predicted molar refractivity (Wildman–Crippen MR) is 149 cm³/mol. The van der Waals surface area contributed by atoms with Gasteiger partial charge in [-0.25, -0.2) is 9.48 Å². The number of carboxylic acids is 1. The van der Waals surface area contributed by atoms with Gasteiger partial charge < -0.3 is 20.1 Å². The zero-order chi connectivity index (χ0) is 28.4. The highest BCUT2D eigenvalue weighted by Gasteiger charge is 2.47. The van der Waals surface area contributed by atoms with Gasteiger partial charge in [-0.15, -0.1) is 0 Å². The smallest absolute Gasteiger partial charge is 0.326 e. The quantitative estimate of drug-likeness (QED) is 0.409. The van der Waals surface area contributed by atoms with Crippen LogP contribution in [0.5, 0.6) is 5.75 Å². The molecule has 4 heterocycles. The van der Waals surface area contributed by atoms with Gasteiger partial charge in [-0.05, 0) is 65.1 Å². The molecule has 0 unspecified atom stereocenters. The van der Waals surface area contributed by atoms with Crippen molar-refractivity contribution in [3.63, 3.8) is 0 Å². The number of aryl methyl sites for hydroxylation is 1.